The van der Waals surface area contributed by atoms with Gasteiger partial charge in [0.25, 0.3) is 11.5 Å². The molecule has 0 aliphatic carbocycles. The summed E-state index contributed by atoms with van der Waals surface area (Å²) >= 11 is 6.49. The number of fused-ring (bicyclic) bond motifs is 2. The molecule has 2 aromatic heterocycles. The monoisotopic (exact) mass is 478 g/mol. The van der Waals surface area contributed by atoms with Crippen molar-refractivity contribution in [3.63, 3.8) is 0 Å². The van der Waals surface area contributed by atoms with Crippen LogP contribution in [0.15, 0.2) is 46.0 Å². The van der Waals surface area contributed by atoms with Gasteiger partial charge >= 0.3 is 5.69 Å². The van der Waals surface area contributed by atoms with Crippen LogP contribution >= 0.6 is 11.6 Å². The highest BCUT2D eigenvalue weighted by Crippen LogP contribution is 2.31. The van der Waals surface area contributed by atoms with E-state index in [1.54, 1.807) is 37.3 Å². The summed E-state index contributed by atoms with van der Waals surface area (Å²) < 4.78 is 3.21. The molecule has 1 aliphatic heterocycles. The van der Waals surface area contributed by atoms with E-state index in [1.807, 2.05) is 0 Å². The Bertz CT molecular complexity index is 1530. The van der Waals surface area contributed by atoms with Crippen molar-refractivity contribution in [3.8, 4) is 11.4 Å². The van der Waals surface area contributed by atoms with Crippen molar-refractivity contribution in [1.29, 1.82) is 0 Å². The summed E-state index contributed by atoms with van der Waals surface area (Å²) in [4.78, 5) is 40.2. The largest absolute Gasteiger partial charge is 0.328 e. The van der Waals surface area contributed by atoms with Crippen LogP contribution in [0, 0.1) is 0 Å². The maximum Gasteiger partial charge on any atom is 0.328 e. The number of H-pyrrole nitrogens is 1. The molecule has 10 heteroatoms. The number of amides is 1. The molecule has 1 amide bonds. The molecule has 3 heterocycles. The molecule has 1 aliphatic rings. The molecule has 2 N–H and O–H groups in total. The quantitative estimate of drug-likeness (QED) is 0.465. The average molecular weight is 479 g/mol. The molecule has 0 unspecified atom stereocenters. The SMILES string of the molecule is CCn1c(=O)[nH]c2cc(C(=O)Nc3ccc(Cl)c(-c4nnc5n4CCCCC5)c3)ccc2c1=O. The Hall–Kier alpha value is -3.72. The first-order valence-corrected chi connectivity index (χ1v) is 11.6. The first-order valence-electron chi connectivity index (χ1n) is 11.3. The molecule has 5 rings (SSSR count). The van der Waals surface area contributed by atoms with E-state index in [2.05, 4.69) is 25.1 Å². The van der Waals surface area contributed by atoms with E-state index in [9.17, 15) is 14.4 Å². The van der Waals surface area contributed by atoms with Gasteiger partial charge in [0.2, 0.25) is 0 Å². The second-order valence-electron chi connectivity index (χ2n) is 8.29. The maximum atomic E-state index is 13.0. The highest BCUT2D eigenvalue weighted by Gasteiger charge is 2.19. The average Bonchev–Trinajstić information content (AvgIpc) is 3.07. The predicted molar refractivity (Wildman–Crippen MR) is 130 cm³/mol. The van der Waals surface area contributed by atoms with Gasteiger partial charge in [-0.25, -0.2) is 4.79 Å². The van der Waals surface area contributed by atoms with Gasteiger partial charge in [-0.1, -0.05) is 18.0 Å². The first-order chi connectivity index (χ1) is 16.5. The number of carbonyl (C=O) groups excluding carboxylic acids is 1. The van der Waals surface area contributed by atoms with E-state index in [-0.39, 0.29) is 18.0 Å². The number of halogens is 1. The highest BCUT2D eigenvalue weighted by molar-refractivity contribution is 6.33. The van der Waals surface area contributed by atoms with Gasteiger partial charge in [0.15, 0.2) is 5.82 Å². The summed E-state index contributed by atoms with van der Waals surface area (Å²) in [6, 6.07) is 9.83. The molecule has 0 saturated heterocycles. The summed E-state index contributed by atoms with van der Waals surface area (Å²) in [7, 11) is 0. The fourth-order valence-electron chi connectivity index (χ4n) is 4.34. The Morgan fingerprint density at radius 3 is 2.79 bits per heavy atom. The van der Waals surface area contributed by atoms with E-state index in [4.69, 9.17) is 11.6 Å². The lowest BCUT2D eigenvalue weighted by Crippen LogP contribution is -2.34. The van der Waals surface area contributed by atoms with Crippen molar-refractivity contribution in [2.24, 2.45) is 0 Å². The van der Waals surface area contributed by atoms with Crippen LogP contribution in [0.5, 0.6) is 0 Å². The number of rotatable bonds is 4. The number of carbonyl (C=O) groups is 1. The molecule has 0 atom stereocenters. The van der Waals surface area contributed by atoms with Crippen LogP contribution in [0.1, 0.15) is 42.4 Å². The van der Waals surface area contributed by atoms with Crippen LogP contribution in [0.2, 0.25) is 5.02 Å². The number of nitrogens with one attached hydrogen (secondary N) is 2. The Morgan fingerprint density at radius 2 is 1.97 bits per heavy atom. The lowest BCUT2D eigenvalue weighted by Gasteiger charge is -2.11. The van der Waals surface area contributed by atoms with Crippen molar-refractivity contribution in [2.45, 2.75) is 45.7 Å². The van der Waals surface area contributed by atoms with E-state index >= 15 is 0 Å². The van der Waals surface area contributed by atoms with E-state index in [0.717, 1.165) is 42.6 Å². The van der Waals surface area contributed by atoms with Gasteiger partial charge in [0.1, 0.15) is 5.82 Å². The normalized spacial score (nSPS) is 13.5. The second kappa shape index (κ2) is 8.90. The van der Waals surface area contributed by atoms with Crippen LogP contribution in [-0.2, 0) is 19.5 Å². The molecule has 0 spiro atoms. The number of hydrogen-bond acceptors (Lipinski definition) is 5. The second-order valence-corrected chi connectivity index (χ2v) is 8.70. The molecule has 0 radical (unpaired) electrons. The predicted octanol–water partition coefficient (Wildman–Crippen LogP) is 3.60. The number of aromatic amines is 1. The van der Waals surface area contributed by atoms with Gasteiger partial charge in [0.05, 0.1) is 15.9 Å². The van der Waals surface area contributed by atoms with Crippen LogP contribution < -0.4 is 16.6 Å². The number of aryl methyl sites for hydroxylation is 1. The number of hydrogen-bond donors (Lipinski definition) is 2. The third kappa shape index (κ3) is 3.92. The van der Waals surface area contributed by atoms with Gasteiger partial charge < -0.3 is 14.9 Å². The van der Waals surface area contributed by atoms with E-state index in [1.165, 1.54) is 6.07 Å². The van der Waals surface area contributed by atoms with Gasteiger partial charge in [-0.05, 0) is 56.2 Å². The van der Waals surface area contributed by atoms with Crippen molar-refractivity contribution in [3.05, 3.63) is 73.6 Å². The fraction of sp³-hybridized carbons (Fsp3) is 0.292. The van der Waals surface area contributed by atoms with Crippen molar-refractivity contribution < 1.29 is 4.79 Å². The van der Waals surface area contributed by atoms with Gasteiger partial charge in [-0.2, -0.15) is 0 Å². The molecule has 34 heavy (non-hydrogen) atoms. The van der Waals surface area contributed by atoms with Crippen LogP contribution in [0.4, 0.5) is 5.69 Å². The molecule has 174 valence electrons. The standard InChI is InChI=1S/C24H23ClN6O3/c1-2-30-23(33)16-9-7-14(12-19(16)27-24(30)34)22(32)26-15-8-10-18(25)17(13-15)21-29-28-20-6-4-3-5-11-31(20)21/h7-10,12-13H,2-6,11H2,1H3,(H,26,32)(H,27,34). The topological polar surface area (TPSA) is 115 Å². The zero-order chi connectivity index (χ0) is 23.8. The zero-order valence-electron chi connectivity index (χ0n) is 18.6. The molecular formula is C24H23ClN6O3. The first kappa shape index (κ1) is 22.1. The van der Waals surface area contributed by atoms with Crippen LogP contribution in [0.3, 0.4) is 0 Å². The number of benzene rings is 2. The van der Waals surface area contributed by atoms with Crippen LogP contribution in [-0.4, -0.2) is 30.2 Å². The molecular weight excluding hydrogens is 456 g/mol. The molecule has 4 aromatic rings. The minimum atomic E-state index is -0.507. The number of anilines is 1. The number of nitrogens with zero attached hydrogens (tertiary/aromatic N) is 4. The zero-order valence-corrected chi connectivity index (χ0v) is 19.4. The molecule has 0 bridgehead atoms. The third-order valence-electron chi connectivity index (χ3n) is 6.13. The van der Waals surface area contributed by atoms with Gasteiger partial charge in [-0.3, -0.25) is 14.2 Å². The van der Waals surface area contributed by atoms with E-state index < -0.39 is 5.69 Å². The summed E-state index contributed by atoms with van der Waals surface area (Å²) in [6.45, 7) is 2.82. The Kier molecular flexibility index (Phi) is 5.79. The fourth-order valence-corrected chi connectivity index (χ4v) is 4.55. The lowest BCUT2D eigenvalue weighted by molar-refractivity contribution is 0.102. The Morgan fingerprint density at radius 1 is 1.12 bits per heavy atom. The van der Waals surface area contributed by atoms with Crippen molar-refractivity contribution in [2.75, 3.05) is 5.32 Å². The van der Waals surface area contributed by atoms with E-state index in [0.29, 0.717) is 38.6 Å². The summed E-state index contributed by atoms with van der Waals surface area (Å²) in [5, 5.41) is 12.4. The minimum Gasteiger partial charge on any atom is -0.322 e. The lowest BCUT2D eigenvalue weighted by atomic mass is 10.1. The van der Waals surface area contributed by atoms with Gasteiger partial charge in [-0.15, -0.1) is 10.2 Å². The van der Waals surface area contributed by atoms with Crippen LogP contribution in [0.25, 0.3) is 22.3 Å². The third-order valence-corrected chi connectivity index (χ3v) is 6.46. The summed E-state index contributed by atoms with van der Waals surface area (Å²) in [6.07, 6.45) is 4.18. The molecule has 0 saturated carbocycles. The molecule has 9 nitrogen and oxygen atoms in total. The maximum absolute atomic E-state index is 13.0. The summed E-state index contributed by atoms with van der Waals surface area (Å²) in [5.41, 5.74) is 0.976. The number of aromatic nitrogens is 5. The summed E-state index contributed by atoms with van der Waals surface area (Å²) in [5.74, 6) is 1.26. The Balaban J connectivity index is 1.46. The molecule has 0 fully saturated rings. The van der Waals surface area contributed by atoms with Gasteiger partial charge in [0, 0.05) is 36.3 Å². The minimum absolute atomic E-state index is 0.264. The smallest absolute Gasteiger partial charge is 0.322 e. The molecule has 2 aromatic carbocycles. The van der Waals surface area contributed by atoms with Crippen molar-refractivity contribution >= 4 is 34.1 Å². The highest BCUT2D eigenvalue weighted by atomic mass is 35.5. The van der Waals surface area contributed by atoms with Crippen molar-refractivity contribution in [1.82, 2.24) is 24.3 Å². The Labute approximate surface area is 199 Å².